The molecule has 1 aromatic rings. The summed E-state index contributed by atoms with van der Waals surface area (Å²) < 4.78 is 10.2. The van der Waals surface area contributed by atoms with E-state index in [-0.39, 0.29) is 0 Å². The van der Waals surface area contributed by atoms with E-state index in [1.165, 1.54) is 11.1 Å². The summed E-state index contributed by atoms with van der Waals surface area (Å²) in [5.41, 5.74) is 2.51. The molecule has 0 aliphatic heterocycles. The molecule has 0 aliphatic rings. The molecule has 17 heavy (non-hydrogen) atoms. The van der Waals surface area contributed by atoms with E-state index in [1.54, 1.807) is 14.2 Å². The average Bonchev–Trinajstić information content (AvgIpc) is 2.35. The number of methoxy groups -OCH3 is 2. The summed E-state index contributed by atoms with van der Waals surface area (Å²) in [4.78, 5) is 0. The Bertz CT molecular complexity index is 315. The van der Waals surface area contributed by atoms with Gasteiger partial charge in [0.1, 0.15) is 0 Å². The normalized spacial score (nSPS) is 12.6. The Morgan fingerprint density at radius 1 is 1.18 bits per heavy atom. The Balaban J connectivity index is 2.37. The zero-order valence-electron chi connectivity index (χ0n) is 11.0. The van der Waals surface area contributed by atoms with Gasteiger partial charge in [-0.1, -0.05) is 24.3 Å². The van der Waals surface area contributed by atoms with Crippen LogP contribution in [0.3, 0.4) is 0 Å². The zero-order valence-corrected chi connectivity index (χ0v) is 11.0. The van der Waals surface area contributed by atoms with Crippen molar-refractivity contribution in [3.8, 4) is 0 Å². The summed E-state index contributed by atoms with van der Waals surface area (Å²) >= 11 is 0. The second kappa shape index (κ2) is 8.23. The molecule has 0 bridgehead atoms. The quantitative estimate of drug-likeness (QED) is 0.753. The molecule has 1 atom stereocenters. The first-order chi connectivity index (χ1) is 8.26. The lowest BCUT2D eigenvalue weighted by atomic mass is 10.1. The third-order valence-electron chi connectivity index (χ3n) is 2.71. The standard InChI is InChI=1S/C14H23NO2/c1-12(7-8-16-2)15-10-13-5-4-6-14(9-13)11-17-3/h4-6,9,12,15H,7-8,10-11H2,1-3H3. The summed E-state index contributed by atoms with van der Waals surface area (Å²) in [5.74, 6) is 0. The summed E-state index contributed by atoms with van der Waals surface area (Å²) in [7, 11) is 3.46. The van der Waals surface area contributed by atoms with Crippen molar-refractivity contribution in [3.05, 3.63) is 35.4 Å². The van der Waals surface area contributed by atoms with Crippen molar-refractivity contribution < 1.29 is 9.47 Å². The van der Waals surface area contributed by atoms with E-state index in [0.29, 0.717) is 12.6 Å². The fraction of sp³-hybridized carbons (Fsp3) is 0.571. The van der Waals surface area contributed by atoms with Crippen molar-refractivity contribution >= 4 is 0 Å². The van der Waals surface area contributed by atoms with E-state index in [2.05, 4.69) is 36.5 Å². The van der Waals surface area contributed by atoms with Gasteiger partial charge in [-0.05, 0) is 24.5 Å². The highest BCUT2D eigenvalue weighted by atomic mass is 16.5. The fourth-order valence-corrected chi connectivity index (χ4v) is 1.68. The van der Waals surface area contributed by atoms with Crippen LogP contribution in [0.4, 0.5) is 0 Å². The van der Waals surface area contributed by atoms with E-state index in [1.807, 2.05) is 0 Å². The molecule has 0 amide bonds. The van der Waals surface area contributed by atoms with Gasteiger partial charge in [0.2, 0.25) is 0 Å². The molecule has 0 saturated heterocycles. The third kappa shape index (κ3) is 5.82. The van der Waals surface area contributed by atoms with Gasteiger partial charge in [0.05, 0.1) is 6.61 Å². The molecule has 0 saturated carbocycles. The van der Waals surface area contributed by atoms with E-state index in [0.717, 1.165) is 19.6 Å². The summed E-state index contributed by atoms with van der Waals surface area (Å²) in [5, 5.41) is 3.48. The van der Waals surface area contributed by atoms with Crippen LogP contribution in [-0.4, -0.2) is 26.9 Å². The lowest BCUT2D eigenvalue weighted by Gasteiger charge is -2.13. The Hall–Kier alpha value is -0.900. The van der Waals surface area contributed by atoms with Gasteiger partial charge in [-0.25, -0.2) is 0 Å². The van der Waals surface area contributed by atoms with Gasteiger partial charge >= 0.3 is 0 Å². The molecule has 3 nitrogen and oxygen atoms in total. The average molecular weight is 237 g/mol. The van der Waals surface area contributed by atoms with Crippen molar-refractivity contribution in [2.45, 2.75) is 32.5 Å². The maximum atomic E-state index is 5.12. The molecule has 1 unspecified atom stereocenters. The predicted octanol–water partition coefficient (Wildman–Crippen LogP) is 2.35. The Morgan fingerprint density at radius 2 is 1.94 bits per heavy atom. The first-order valence-electron chi connectivity index (χ1n) is 6.05. The Kier molecular flexibility index (Phi) is 6.86. The molecule has 0 aliphatic carbocycles. The van der Waals surface area contributed by atoms with Crippen LogP contribution in [0.1, 0.15) is 24.5 Å². The van der Waals surface area contributed by atoms with Gasteiger partial charge in [-0.3, -0.25) is 0 Å². The van der Waals surface area contributed by atoms with Gasteiger partial charge in [0.25, 0.3) is 0 Å². The molecular formula is C14H23NO2. The van der Waals surface area contributed by atoms with Crippen LogP contribution in [0, 0.1) is 0 Å². The number of hydrogen-bond acceptors (Lipinski definition) is 3. The van der Waals surface area contributed by atoms with E-state index in [9.17, 15) is 0 Å². The highest BCUT2D eigenvalue weighted by Gasteiger charge is 2.01. The van der Waals surface area contributed by atoms with Crippen molar-refractivity contribution in [1.82, 2.24) is 5.32 Å². The Morgan fingerprint density at radius 3 is 2.65 bits per heavy atom. The SMILES string of the molecule is COCCC(C)NCc1cccc(COC)c1. The van der Waals surface area contributed by atoms with E-state index >= 15 is 0 Å². The molecule has 0 spiro atoms. The van der Waals surface area contributed by atoms with Crippen LogP contribution in [-0.2, 0) is 22.6 Å². The minimum absolute atomic E-state index is 0.473. The van der Waals surface area contributed by atoms with Gasteiger partial charge in [0.15, 0.2) is 0 Å². The van der Waals surface area contributed by atoms with Gasteiger partial charge in [0, 0.05) is 33.4 Å². The third-order valence-corrected chi connectivity index (χ3v) is 2.71. The lowest BCUT2D eigenvalue weighted by molar-refractivity contribution is 0.184. The van der Waals surface area contributed by atoms with Gasteiger partial charge in [-0.15, -0.1) is 0 Å². The van der Waals surface area contributed by atoms with Crippen molar-refractivity contribution in [2.24, 2.45) is 0 Å². The van der Waals surface area contributed by atoms with E-state index in [4.69, 9.17) is 9.47 Å². The van der Waals surface area contributed by atoms with Gasteiger partial charge < -0.3 is 14.8 Å². The zero-order chi connectivity index (χ0) is 12.5. The first kappa shape index (κ1) is 14.2. The number of benzene rings is 1. The molecule has 0 aromatic heterocycles. The van der Waals surface area contributed by atoms with Crippen LogP contribution < -0.4 is 5.32 Å². The smallest absolute Gasteiger partial charge is 0.0713 e. The monoisotopic (exact) mass is 237 g/mol. The number of nitrogens with one attached hydrogen (secondary N) is 1. The molecule has 3 heteroatoms. The van der Waals surface area contributed by atoms with Crippen molar-refractivity contribution in [2.75, 3.05) is 20.8 Å². The molecule has 1 N–H and O–H groups in total. The number of rotatable bonds is 8. The summed E-state index contributed by atoms with van der Waals surface area (Å²) in [6.07, 6.45) is 1.04. The lowest BCUT2D eigenvalue weighted by Crippen LogP contribution is -2.26. The minimum atomic E-state index is 0.473. The molecule has 1 aromatic carbocycles. The van der Waals surface area contributed by atoms with Crippen LogP contribution in [0.25, 0.3) is 0 Å². The molecule has 0 fully saturated rings. The van der Waals surface area contributed by atoms with Crippen molar-refractivity contribution in [3.63, 3.8) is 0 Å². The number of ether oxygens (including phenoxy) is 2. The second-order valence-electron chi connectivity index (χ2n) is 4.32. The summed E-state index contributed by atoms with van der Waals surface area (Å²) in [6, 6.07) is 8.95. The van der Waals surface area contributed by atoms with Gasteiger partial charge in [-0.2, -0.15) is 0 Å². The van der Waals surface area contributed by atoms with Crippen LogP contribution in [0.2, 0.25) is 0 Å². The number of hydrogen-bond donors (Lipinski definition) is 1. The fourth-order valence-electron chi connectivity index (χ4n) is 1.68. The van der Waals surface area contributed by atoms with Crippen molar-refractivity contribution in [1.29, 1.82) is 0 Å². The van der Waals surface area contributed by atoms with Crippen LogP contribution >= 0.6 is 0 Å². The molecule has 96 valence electrons. The minimum Gasteiger partial charge on any atom is -0.385 e. The Labute approximate surface area is 104 Å². The largest absolute Gasteiger partial charge is 0.385 e. The molecular weight excluding hydrogens is 214 g/mol. The topological polar surface area (TPSA) is 30.5 Å². The summed E-state index contributed by atoms with van der Waals surface area (Å²) in [6.45, 7) is 4.55. The van der Waals surface area contributed by atoms with Crippen LogP contribution in [0.15, 0.2) is 24.3 Å². The highest BCUT2D eigenvalue weighted by molar-refractivity contribution is 5.22. The maximum Gasteiger partial charge on any atom is 0.0713 e. The van der Waals surface area contributed by atoms with Crippen LogP contribution in [0.5, 0.6) is 0 Å². The highest BCUT2D eigenvalue weighted by Crippen LogP contribution is 2.06. The maximum absolute atomic E-state index is 5.12. The van der Waals surface area contributed by atoms with E-state index < -0.39 is 0 Å². The molecule has 0 radical (unpaired) electrons. The molecule has 1 rings (SSSR count). The molecule has 0 heterocycles. The second-order valence-corrected chi connectivity index (χ2v) is 4.32. The first-order valence-corrected chi connectivity index (χ1v) is 6.05. The predicted molar refractivity (Wildman–Crippen MR) is 69.9 cm³/mol.